The molecule has 0 spiro atoms. The fraction of sp³-hybridized carbons (Fsp3) is 0.921. The molecular weight excluding hydrogens is 853 g/mol. The number of hydrogen-bond acceptors (Lipinski definition) is 6. The van der Waals surface area contributed by atoms with Crippen LogP contribution in [-0.2, 0) is 28.6 Å². The van der Waals surface area contributed by atoms with Gasteiger partial charge in [0.05, 0.1) is 0 Å². The quantitative estimate of drug-likeness (QED) is 0.0261. The summed E-state index contributed by atoms with van der Waals surface area (Å²) in [6, 6.07) is 0. The van der Waals surface area contributed by atoms with E-state index in [2.05, 4.69) is 32.9 Å². The minimum absolute atomic E-state index is 0.0635. The zero-order chi connectivity index (χ0) is 50.0. The highest BCUT2D eigenvalue weighted by molar-refractivity contribution is 5.71. The molecule has 1 unspecified atom stereocenters. The monoisotopic (exact) mass is 973 g/mol. The Kier molecular flexibility index (Phi) is 57.1. The van der Waals surface area contributed by atoms with E-state index >= 15 is 0 Å². The van der Waals surface area contributed by atoms with Crippen LogP contribution in [0.4, 0.5) is 0 Å². The second-order valence-electron chi connectivity index (χ2n) is 21.3. The summed E-state index contributed by atoms with van der Waals surface area (Å²) in [5, 5.41) is 0. The second kappa shape index (κ2) is 58.7. The van der Waals surface area contributed by atoms with Crippen LogP contribution >= 0.6 is 0 Å². The van der Waals surface area contributed by atoms with Gasteiger partial charge in [0.15, 0.2) is 6.10 Å². The Morgan fingerprint density at radius 1 is 0.275 bits per heavy atom. The Bertz CT molecular complexity index is 1070. The highest BCUT2D eigenvalue weighted by atomic mass is 16.6. The zero-order valence-corrected chi connectivity index (χ0v) is 46.9. The molecule has 0 saturated heterocycles. The summed E-state index contributed by atoms with van der Waals surface area (Å²) < 4.78 is 16.8. The molecule has 69 heavy (non-hydrogen) atoms. The first-order chi connectivity index (χ1) is 34.0. The molecule has 0 heterocycles. The molecule has 1 atom stereocenters. The molecule has 0 bridgehead atoms. The highest BCUT2D eigenvalue weighted by Gasteiger charge is 2.19. The van der Waals surface area contributed by atoms with Crippen molar-refractivity contribution in [2.24, 2.45) is 0 Å². The van der Waals surface area contributed by atoms with E-state index in [9.17, 15) is 14.4 Å². The van der Waals surface area contributed by atoms with E-state index in [1.54, 1.807) is 0 Å². The molecule has 408 valence electrons. The number of hydrogen-bond donors (Lipinski definition) is 0. The molecule has 0 aliphatic carbocycles. The van der Waals surface area contributed by atoms with E-state index < -0.39 is 6.10 Å². The SMILES string of the molecule is CCCCCCCCCC/C=C\CCCCCCCCCCCCCCCCCCCCCC(=O)OCC(COC(=O)CCCCCCCCC)OC(=O)CCCCCCCCCCCCCCC. The maximum Gasteiger partial charge on any atom is 0.306 e. The number of ether oxygens (including phenoxy) is 3. The summed E-state index contributed by atoms with van der Waals surface area (Å²) in [6.45, 7) is 6.65. The van der Waals surface area contributed by atoms with Crippen LogP contribution in [0.15, 0.2) is 12.2 Å². The Morgan fingerprint density at radius 3 is 0.725 bits per heavy atom. The maximum absolute atomic E-state index is 12.8. The van der Waals surface area contributed by atoms with Crippen LogP contribution in [0.1, 0.15) is 355 Å². The van der Waals surface area contributed by atoms with Crippen molar-refractivity contribution >= 4 is 17.9 Å². The lowest BCUT2D eigenvalue weighted by molar-refractivity contribution is -0.167. The van der Waals surface area contributed by atoms with Gasteiger partial charge in [-0.15, -0.1) is 0 Å². The van der Waals surface area contributed by atoms with E-state index in [0.29, 0.717) is 19.3 Å². The van der Waals surface area contributed by atoms with Gasteiger partial charge in [0.2, 0.25) is 0 Å². The van der Waals surface area contributed by atoms with Crippen molar-refractivity contribution in [3.63, 3.8) is 0 Å². The molecule has 0 aromatic heterocycles. The van der Waals surface area contributed by atoms with E-state index in [4.69, 9.17) is 14.2 Å². The largest absolute Gasteiger partial charge is 0.462 e. The van der Waals surface area contributed by atoms with Gasteiger partial charge in [-0.3, -0.25) is 14.4 Å². The Hall–Kier alpha value is -1.85. The molecule has 0 aromatic rings. The van der Waals surface area contributed by atoms with Crippen molar-refractivity contribution in [3.8, 4) is 0 Å². The number of allylic oxidation sites excluding steroid dienone is 2. The third-order valence-electron chi connectivity index (χ3n) is 14.3. The average Bonchev–Trinajstić information content (AvgIpc) is 3.35. The number of unbranched alkanes of at least 4 members (excludes halogenated alkanes) is 45. The normalized spacial score (nSPS) is 12.0. The third kappa shape index (κ3) is 56.9. The molecule has 6 heteroatoms. The molecule has 6 nitrogen and oxygen atoms in total. The number of carbonyl (C=O) groups is 3. The van der Waals surface area contributed by atoms with Gasteiger partial charge in [-0.2, -0.15) is 0 Å². The van der Waals surface area contributed by atoms with Crippen LogP contribution in [0, 0.1) is 0 Å². The average molecular weight is 974 g/mol. The van der Waals surface area contributed by atoms with Crippen molar-refractivity contribution in [3.05, 3.63) is 12.2 Å². The van der Waals surface area contributed by atoms with Gasteiger partial charge in [-0.25, -0.2) is 0 Å². The van der Waals surface area contributed by atoms with Gasteiger partial charge >= 0.3 is 17.9 Å². The van der Waals surface area contributed by atoms with E-state index in [-0.39, 0.29) is 31.1 Å². The first kappa shape index (κ1) is 67.1. The lowest BCUT2D eigenvalue weighted by Crippen LogP contribution is -2.30. The molecular formula is C63H120O6. The molecule has 0 amide bonds. The topological polar surface area (TPSA) is 78.9 Å². The fourth-order valence-electron chi connectivity index (χ4n) is 9.56. The minimum atomic E-state index is -0.761. The van der Waals surface area contributed by atoms with E-state index in [0.717, 1.165) is 57.8 Å². The number of esters is 3. The van der Waals surface area contributed by atoms with Crippen LogP contribution in [0.5, 0.6) is 0 Å². The summed E-state index contributed by atoms with van der Waals surface area (Å²) in [4.78, 5) is 37.9. The molecule has 0 aliphatic rings. The molecule has 0 aromatic carbocycles. The first-order valence-corrected chi connectivity index (χ1v) is 31.2. The highest BCUT2D eigenvalue weighted by Crippen LogP contribution is 2.18. The van der Waals surface area contributed by atoms with Crippen molar-refractivity contribution in [1.82, 2.24) is 0 Å². The smallest absolute Gasteiger partial charge is 0.306 e. The van der Waals surface area contributed by atoms with Crippen molar-refractivity contribution < 1.29 is 28.6 Å². The zero-order valence-electron chi connectivity index (χ0n) is 46.9. The summed E-state index contributed by atoms with van der Waals surface area (Å²) in [5.41, 5.74) is 0. The second-order valence-corrected chi connectivity index (χ2v) is 21.3. The van der Waals surface area contributed by atoms with Gasteiger partial charge in [0, 0.05) is 19.3 Å². The van der Waals surface area contributed by atoms with Gasteiger partial charge < -0.3 is 14.2 Å². The van der Waals surface area contributed by atoms with Gasteiger partial charge in [0.25, 0.3) is 0 Å². The summed E-state index contributed by atoms with van der Waals surface area (Å²) in [7, 11) is 0. The summed E-state index contributed by atoms with van der Waals surface area (Å²) in [5.74, 6) is -0.847. The van der Waals surface area contributed by atoms with Gasteiger partial charge in [-0.05, 0) is 44.9 Å². The maximum atomic E-state index is 12.8. The van der Waals surface area contributed by atoms with E-state index in [1.807, 2.05) is 0 Å². The Balaban J connectivity index is 3.93. The van der Waals surface area contributed by atoms with E-state index in [1.165, 1.54) is 257 Å². The van der Waals surface area contributed by atoms with Crippen LogP contribution in [0.2, 0.25) is 0 Å². The third-order valence-corrected chi connectivity index (χ3v) is 14.3. The molecule has 0 aliphatic heterocycles. The van der Waals surface area contributed by atoms with Crippen LogP contribution in [0.3, 0.4) is 0 Å². The lowest BCUT2D eigenvalue weighted by Gasteiger charge is -2.18. The predicted molar refractivity (Wildman–Crippen MR) is 298 cm³/mol. The van der Waals surface area contributed by atoms with Gasteiger partial charge in [0.1, 0.15) is 13.2 Å². The van der Waals surface area contributed by atoms with Crippen molar-refractivity contribution in [2.75, 3.05) is 13.2 Å². The molecule has 0 fully saturated rings. The molecule has 0 rings (SSSR count). The summed E-state index contributed by atoms with van der Waals surface area (Å²) in [6.07, 6.45) is 68.3. The lowest BCUT2D eigenvalue weighted by atomic mass is 10.0. The Morgan fingerprint density at radius 2 is 0.478 bits per heavy atom. The Labute approximate surface area is 431 Å². The van der Waals surface area contributed by atoms with Crippen LogP contribution < -0.4 is 0 Å². The van der Waals surface area contributed by atoms with Crippen LogP contribution in [0.25, 0.3) is 0 Å². The van der Waals surface area contributed by atoms with Crippen LogP contribution in [-0.4, -0.2) is 37.2 Å². The number of carbonyl (C=O) groups excluding carboxylic acids is 3. The first-order valence-electron chi connectivity index (χ1n) is 31.2. The molecule has 0 radical (unpaired) electrons. The van der Waals surface area contributed by atoms with Crippen molar-refractivity contribution in [1.29, 1.82) is 0 Å². The summed E-state index contributed by atoms with van der Waals surface area (Å²) >= 11 is 0. The van der Waals surface area contributed by atoms with Gasteiger partial charge in [-0.1, -0.05) is 303 Å². The molecule has 0 saturated carbocycles. The predicted octanol–water partition coefficient (Wildman–Crippen LogP) is 20.9. The fourth-order valence-corrected chi connectivity index (χ4v) is 9.56. The minimum Gasteiger partial charge on any atom is -0.462 e. The molecule has 0 N–H and O–H groups in total. The standard InChI is InChI=1S/C63H120O6/c1-4-7-10-13-16-18-20-22-23-24-25-26-27-28-29-30-31-32-33-34-35-36-37-38-39-41-42-44-47-50-53-56-62(65)68-59-60(58-67-61(64)55-52-49-46-15-12-9-6-3)69-63(66)57-54-51-48-45-43-40-21-19-17-14-11-8-5-2/h24-25,60H,4-23,26-59H2,1-3H3/b25-24-. The number of rotatable bonds is 58. The van der Waals surface area contributed by atoms with Crippen molar-refractivity contribution in [2.45, 2.75) is 361 Å².